The van der Waals surface area contributed by atoms with Gasteiger partial charge in [0.15, 0.2) is 0 Å². The molecule has 1 atom stereocenters. The summed E-state index contributed by atoms with van der Waals surface area (Å²) in [5.41, 5.74) is 8.29. The molecule has 0 saturated carbocycles. The van der Waals surface area contributed by atoms with Crippen LogP contribution in [0.1, 0.15) is 18.3 Å². The Labute approximate surface area is 187 Å². The van der Waals surface area contributed by atoms with E-state index in [2.05, 4.69) is 19.8 Å². The molecule has 1 amide bonds. The SMILES string of the molecule is CC(NCc1ccc(Cl)cc1Oc1ccc(-c2cnc(CN(C)C)n2C)cc1)C(N)=O. The van der Waals surface area contributed by atoms with Gasteiger partial charge in [0.1, 0.15) is 17.3 Å². The molecule has 0 radical (unpaired) electrons. The van der Waals surface area contributed by atoms with Crippen LogP contribution in [0, 0.1) is 0 Å². The first-order valence-corrected chi connectivity index (χ1v) is 10.4. The molecule has 0 fully saturated rings. The second-order valence-electron chi connectivity index (χ2n) is 7.74. The molecule has 0 bridgehead atoms. The largest absolute Gasteiger partial charge is 0.457 e. The Kier molecular flexibility index (Phi) is 7.33. The van der Waals surface area contributed by atoms with E-state index in [-0.39, 0.29) is 0 Å². The number of primary amides is 1. The van der Waals surface area contributed by atoms with Gasteiger partial charge in [0.05, 0.1) is 24.5 Å². The van der Waals surface area contributed by atoms with Crippen LogP contribution in [0.4, 0.5) is 0 Å². The van der Waals surface area contributed by atoms with E-state index in [0.717, 1.165) is 29.2 Å². The lowest BCUT2D eigenvalue weighted by Gasteiger charge is -2.15. The second kappa shape index (κ2) is 9.96. The third-order valence-electron chi connectivity index (χ3n) is 4.97. The lowest BCUT2D eigenvalue weighted by molar-refractivity contribution is -0.119. The molecular weight excluding hydrogens is 414 g/mol. The summed E-state index contributed by atoms with van der Waals surface area (Å²) in [5.74, 6) is 1.90. The molecule has 3 aromatic rings. The molecule has 1 unspecified atom stereocenters. The van der Waals surface area contributed by atoms with Crippen molar-refractivity contribution >= 4 is 17.5 Å². The van der Waals surface area contributed by atoms with Gasteiger partial charge in [-0.25, -0.2) is 4.98 Å². The van der Waals surface area contributed by atoms with E-state index in [4.69, 9.17) is 22.1 Å². The highest BCUT2D eigenvalue weighted by molar-refractivity contribution is 6.30. The summed E-state index contributed by atoms with van der Waals surface area (Å²) < 4.78 is 8.19. The Morgan fingerprint density at radius 3 is 2.61 bits per heavy atom. The van der Waals surface area contributed by atoms with Crippen LogP contribution in [0.2, 0.25) is 5.02 Å². The summed E-state index contributed by atoms with van der Waals surface area (Å²) >= 11 is 6.17. The zero-order valence-electron chi connectivity index (χ0n) is 18.2. The predicted octanol–water partition coefficient (Wildman–Crippen LogP) is 3.56. The van der Waals surface area contributed by atoms with Crippen molar-refractivity contribution in [3.63, 3.8) is 0 Å². The average molecular weight is 442 g/mol. The van der Waals surface area contributed by atoms with Crippen molar-refractivity contribution in [2.75, 3.05) is 14.1 Å². The monoisotopic (exact) mass is 441 g/mol. The summed E-state index contributed by atoms with van der Waals surface area (Å²) in [5, 5.41) is 3.66. The number of halogens is 1. The van der Waals surface area contributed by atoms with Crippen LogP contribution in [0.15, 0.2) is 48.7 Å². The van der Waals surface area contributed by atoms with Gasteiger partial charge < -0.3 is 25.3 Å². The zero-order valence-corrected chi connectivity index (χ0v) is 19.0. The summed E-state index contributed by atoms with van der Waals surface area (Å²) in [7, 11) is 6.06. The molecule has 0 spiro atoms. The lowest BCUT2D eigenvalue weighted by Crippen LogP contribution is -2.38. The fourth-order valence-electron chi connectivity index (χ4n) is 3.10. The molecule has 0 aliphatic carbocycles. The summed E-state index contributed by atoms with van der Waals surface area (Å²) in [4.78, 5) is 17.9. The number of hydrogen-bond acceptors (Lipinski definition) is 5. The van der Waals surface area contributed by atoms with Crippen molar-refractivity contribution in [2.45, 2.75) is 26.1 Å². The first-order valence-electron chi connectivity index (χ1n) is 9.99. The number of imidazole rings is 1. The first-order chi connectivity index (χ1) is 14.7. The van der Waals surface area contributed by atoms with Gasteiger partial charge in [-0.05, 0) is 57.4 Å². The Morgan fingerprint density at radius 1 is 1.26 bits per heavy atom. The Morgan fingerprint density at radius 2 is 1.97 bits per heavy atom. The van der Waals surface area contributed by atoms with E-state index in [1.807, 2.05) is 57.7 Å². The van der Waals surface area contributed by atoms with E-state index in [9.17, 15) is 4.79 Å². The maximum absolute atomic E-state index is 11.3. The molecule has 1 heterocycles. The van der Waals surface area contributed by atoms with Crippen LogP contribution >= 0.6 is 11.6 Å². The molecule has 3 rings (SSSR count). The number of carbonyl (C=O) groups excluding carboxylic acids is 1. The highest BCUT2D eigenvalue weighted by atomic mass is 35.5. The number of hydrogen-bond donors (Lipinski definition) is 2. The molecule has 164 valence electrons. The molecule has 3 N–H and O–H groups in total. The van der Waals surface area contributed by atoms with Gasteiger partial charge >= 0.3 is 0 Å². The number of nitrogens with one attached hydrogen (secondary N) is 1. The minimum atomic E-state index is -0.445. The normalized spacial score (nSPS) is 12.2. The van der Waals surface area contributed by atoms with E-state index < -0.39 is 11.9 Å². The lowest BCUT2D eigenvalue weighted by atomic mass is 10.1. The van der Waals surface area contributed by atoms with Crippen LogP contribution < -0.4 is 15.8 Å². The molecule has 2 aromatic carbocycles. The maximum atomic E-state index is 11.3. The number of benzene rings is 2. The van der Waals surface area contributed by atoms with Gasteiger partial charge in [-0.3, -0.25) is 4.79 Å². The highest BCUT2D eigenvalue weighted by Gasteiger charge is 2.12. The summed E-state index contributed by atoms with van der Waals surface area (Å²) in [6, 6.07) is 12.8. The predicted molar refractivity (Wildman–Crippen MR) is 123 cm³/mol. The van der Waals surface area contributed by atoms with Gasteiger partial charge in [0, 0.05) is 29.7 Å². The van der Waals surface area contributed by atoms with Crippen LogP contribution in [-0.4, -0.2) is 40.5 Å². The van der Waals surface area contributed by atoms with Crippen molar-refractivity contribution in [1.29, 1.82) is 0 Å². The van der Waals surface area contributed by atoms with Crippen LogP contribution in [0.25, 0.3) is 11.3 Å². The van der Waals surface area contributed by atoms with E-state index in [1.54, 1.807) is 19.1 Å². The molecule has 0 saturated heterocycles. The standard InChI is InChI=1S/C23H28ClN5O2/c1-15(23(25)30)26-12-17-5-8-18(24)11-21(17)31-19-9-6-16(7-10-19)20-13-27-22(29(20)4)14-28(2)3/h5-11,13,15,26H,12,14H2,1-4H3,(H2,25,30). The Bertz CT molecular complexity index is 1050. The third-order valence-corrected chi connectivity index (χ3v) is 5.21. The van der Waals surface area contributed by atoms with Crippen molar-refractivity contribution in [3.05, 3.63) is 65.1 Å². The fraction of sp³-hybridized carbons (Fsp3) is 0.304. The van der Waals surface area contributed by atoms with Crippen molar-refractivity contribution in [1.82, 2.24) is 19.8 Å². The van der Waals surface area contributed by atoms with Crippen LogP contribution in [-0.2, 0) is 24.9 Å². The summed E-state index contributed by atoms with van der Waals surface area (Å²) in [6.07, 6.45) is 1.88. The number of nitrogens with two attached hydrogens (primary N) is 1. The van der Waals surface area contributed by atoms with Gasteiger partial charge in [-0.1, -0.05) is 17.7 Å². The minimum absolute atomic E-state index is 0.407. The molecule has 0 aliphatic heterocycles. The molecule has 31 heavy (non-hydrogen) atoms. The Hall–Kier alpha value is -2.87. The molecule has 8 heteroatoms. The van der Waals surface area contributed by atoms with Gasteiger partial charge in [0.2, 0.25) is 5.91 Å². The third kappa shape index (κ3) is 5.85. The maximum Gasteiger partial charge on any atom is 0.234 e. The second-order valence-corrected chi connectivity index (χ2v) is 8.18. The molecule has 1 aromatic heterocycles. The smallest absolute Gasteiger partial charge is 0.234 e. The van der Waals surface area contributed by atoms with E-state index in [0.29, 0.717) is 23.1 Å². The van der Waals surface area contributed by atoms with Crippen molar-refractivity contribution < 1.29 is 9.53 Å². The van der Waals surface area contributed by atoms with Gasteiger partial charge in [-0.15, -0.1) is 0 Å². The number of rotatable bonds is 9. The summed E-state index contributed by atoms with van der Waals surface area (Å²) in [6.45, 7) is 2.93. The van der Waals surface area contributed by atoms with E-state index >= 15 is 0 Å². The number of ether oxygens (including phenoxy) is 1. The molecule has 0 aliphatic rings. The quantitative estimate of drug-likeness (QED) is 0.530. The zero-order chi connectivity index (χ0) is 22.5. The minimum Gasteiger partial charge on any atom is -0.457 e. The van der Waals surface area contributed by atoms with Gasteiger partial charge in [0.25, 0.3) is 0 Å². The number of aromatic nitrogens is 2. The van der Waals surface area contributed by atoms with Crippen molar-refractivity contribution in [2.24, 2.45) is 12.8 Å². The highest BCUT2D eigenvalue weighted by Crippen LogP contribution is 2.30. The number of amides is 1. The molecule has 7 nitrogen and oxygen atoms in total. The van der Waals surface area contributed by atoms with E-state index in [1.165, 1.54) is 0 Å². The number of nitrogens with zero attached hydrogens (tertiary/aromatic N) is 3. The fourth-order valence-corrected chi connectivity index (χ4v) is 3.26. The molecular formula is C23H28ClN5O2. The Balaban J connectivity index is 1.76. The van der Waals surface area contributed by atoms with Crippen molar-refractivity contribution in [3.8, 4) is 22.8 Å². The topological polar surface area (TPSA) is 85.4 Å². The van der Waals surface area contributed by atoms with Crippen LogP contribution in [0.5, 0.6) is 11.5 Å². The number of carbonyl (C=O) groups is 1. The van der Waals surface area contributed by atoms with Crippen LogP contribution in [0.3, 0.4) is 0 Å². The average Bonchev–Trinajstić information content (AvgIpc) is 3.07. The van der Waals surface area contributed by atoms with Gasteiger partial charge in [-0.2, -0.15) is 0 Å². The first kappa shape index (κ1) is 22.8.